The molecule has 1 aliphatic heterocycles. The van der Waals surface area contributed by atoms with Crippen LogP contribution in [0.3, 0.4) is 0 Å². The Morgan fingerprint density at radius 1 is 1.30 bits per heavy atom. The van der Waals surface area contributed by atoms with Crippen molar-refractivity contribution >= 4 is 29.7 Å². The molecular formula is C18H17ClN2O6. The molecule has 0 atom stereocenters. The number of amides is 1. The monoisotopic (exact) mass is 392 g/mol. The van der Waals surface area contributed by atoms with Crippen LogP contribution in [0, 0.1) is 0 Å². The zero-order valence-electron chi connectivity index (χ0n) is 14.4. The summed E-state index contributed by atoms with van der Waals surface area (Å²) >= 11 is 5.86. The van der Waals surface area contributed by atoms with Gasteiger partial charge in [0.2, 0.25) is 5.91 Å². The average Bonchev–Trinajstić information content (AvgIpc) is 3.24. The van der Waals surface area contributed by atoms with E-state index in [0.29, 0.717) is 30.3 Å². The largest absolute Gasteiger partial charge is 0.478 e. The Labute approximate surface area is 159 Å². The first-order valence-corrected chi connectivity index (χ1v) is 8.47. The summed E-state index contributed by atoms with van der Waals surface area (Å²) in [7, 11) is 0. The average molecular weight is 393 g/mol. The van der Waals surface area contributed by atoms with Crippen LogP contribution in [-0.2, 0) is 14.3 Å². The smallest absolute Gasteiger partial charge is 0.337 e. The van der Waals surface area contributed by atoms with Crippen LogP contribution < -0.4 is 5.43 Å². The lowest BCUT2D eigenvalue weighted by Crippen LogP contribution is -2.33. The van der Waals surface area contributed by atoms with E-state index in [1.54, 1.807) is 25.1 Å². The van der Waals surface area contributed by atoms with Gasteiger partial charge in [-0.1, -0.05) is 11.6 Å². The number of ether oxygens (including phenoxy) is 2. The van der Waals surface area contributed by atoms with Crippen LogP contribution in [0.15, 0.2) is 39.9 Å². The van der Waals surface area contributed by atoms with Crippen LogP contribution in [0.25, 0.3) is 11.3 Å². The van der Waals surface area contributed by atoms with Crippen LogP contribution in [-0.4, -0.2) is 42.2 Å². The Morgan fingerprint density at radius 3 is 2.74 bits per heavy atom. The summed E-state index contributed by atoms with van der Waals surface area (Å²) in [5.41, 5.74) is 2.92. The molecule has 2 heterocycles. The first-order chi connectivity index (χ1) is 12.9. The number of furan rings is 1. The normalized spacial score (nSPS) is 15.9. The van der Waals surface area contributed by atoms with Gasteiger partial charge in [-0.15, -0.1) is 0 Å². The van der Waals surface area contributed by atoms with Crippen LogP contribution in [0.1, 0.15) is 29.5 Å². The topological polar surface area (TPSA) is 110 Å². The molecule has 2 N–H and O–H groups in total. The summed E-state index contributed by atoms with van der Waals surface area (Å²) in [5, 5.41) is 13.1. The fourth-order valence-electron chi connectivity index (χ4n) is 2.58. The summed E-state index contributed by atoms with van der Waals surface area (Å²) in [6.07, 6.45) is 1.37. The van der Waals surface area contributed by atoms with Crippen molar-refractivity contribution in [3.63, 3.8) is 0 Å². The number of carboxylic acids is 1. The predicted molar refractivity (Wildman–Crippen MR) is 96.8 cm³/mol. The Balaban J connectivity index is 1.62. The van der Waals surface area contributed by atoms with E-state index in [-0.39, 0.29) is 22.9 Å². The number of carbonyl (C=O) groups is 2. The van der Waals surface area contributed by atoms with Crippen LogP contribution >= 0.6 is 11.6 Å². The highest BCUT2D eigenvalue weighted by Gasteiger charge is 2.33. The number of aromatic carboxylic acids is 1. The molecule has 1 saturated heterocycles. The van der Waals surface area contributed by atoms with Crippen molar-refractivity contribution < 1.29 is 28.6 Å². The third-order valence-corrected chi connectivity index (χ3v) is 4.20. The molecule has 0 radical (unpaired) electrons. The van der Waals surface area contributed by atoms with E-state index in [9.17, 15) is 9.59 Å². The Kier molecular flexibility index (Phi) is 5.59. The molecule has 0 unspecified atom stereocenters. The third-order valence-electron chi connectivity index (χ3n) is 3.87. The van der Waals surface area contributed by atoms with Gasteiger partial charge in [0.1, 0.15) is 11.5 Å². The van der Waals surface area contributed by atoms with Gasteiger partial charge in [0.15, 0.2) is 5.79 Å². The lowest BCUT2D eigenvalue weighted by atomic mass is 10.1. The molecule has 1 fully saturated rings. The van der Waals surface area contributed by atoms with Gasteiger partial charge in [0, 0.05) is 5.56 Å². The number of benzene rings is 1. The first-order valence-electron chi connectivity index (χ1n) is 8.09. The maximum absolute atomic E-state index is 11.9. The van der Waals surface area contributed by atoms with Crippen molar-refractivity contribution in [2.24, 2.45) is 5.10 Å². The Hall–Kier alpha value is -2.68. The molecule has 2 aromatic rings. The fraction of sp³-hybridized carbons (Fsp3) is 0.278. The minimum atomic E-state index is -1.12. The number of nitrogens with zero attached hydrogens (tertiary/aromatic N) is 1. The quantitative estimate of drug-likeness (QED) is 0.577. The Morgan fingerprint density at radius 2 is 2.04 bits per heavy atom. The van der Waals surface area contributed by atoms with E-state index >= 15 is 0 Å². The Bertz CT molecular complexity index is 886. The first kappa shape index (κ1) is 19.1. The minimum Gasteiger partial charge on any atom is -0.478 e. The minimum absolute atomic E-state index is 0.0158. The second kappa shape index (κ2) is 7.91. The molecule has 1 amide bonds. The molecule has 3 rings (SSSR count). The van der Waals surface area contributed by atoms with Gasteiger partial charge in [-0.2, -0.15) is 5.10 Å². The van der Waals surface area contributed by atoms with Crippen LogP contribution in [0.4, 0.5) is 0 Å². The predicted octanol–water partition coefficient (Wildman–Crippen LogP) is 2.90. The number of nitrogens with one attached hydrogen (secondary N) is 1. The lowest BCUT2D eigenvalue weighted by Gasteiger charge is -2.20. The van der Waals surface area contributed by atoms with Crippen LogP contribution in [0.2, 0.25) is 5.02 Å². The molecule has 142 valence electrons. The summed E-state index contributed by atoms with van der Waals surface area (Å²) < 4.78 is 16.3. The summed E-state index contributed by atoms with van der Waals surface area (Å²) in [5.74, 6) is -1.57. The number of hydrogen-bond acceptors (Lipinski definition) is 6. The van der Waals surface area contributed by atoms with E-state index in [4.69, 9.17) is 30.6 Å². The van der Waals surface area contributed by atoms with Crippen LogP contribution in [0.5, 0.6) is 0 Å². The summed E-state index contributed by atoms with van der Waals surface area (Å²) in [6, 6.07) is 7.88. The molecule has 9 heteroatoms. The van der Waals surface area contributed by atoms with Gasteiger partial charge < -0.3 is 19.0 Å². The van der Waals surface area contributed by atoms with Gasteiger partial charge in [-0.05, 0) is 37.3 Å². The molecule has 0 spiro atoms. The maximum atomic E-state index is 11.9. The summed E-state index contributed by atoms with van der Waals surface area (Å²) in [6.45, 7) is 2.60. The third kappa shape index (κ3) is 4.73. The van der Waals surface area contributed by atoms with E-state index in [1.807, 2.05) is 0 Å². The highest BCUT2D eigenvalue weighted by atomic mass is 35.5. The number of carbonyl (C=O) groups excluding carboxylic acids is 1. The molecule has 0 bridgehead atoms. The maximum Gasteiger partial charge on any atom is 0.337 e. The van der Waals surface area contributed by atoms with Gasteiger partial charge in [0.25, 0.3) is 0 Å². The van der Waals surface area contributed by atoms with E-state index in [2.05, 4.69) is 10.5 Å². The molecule has 1 aromatic carbocycles. The second-order valence-corrected chi connectivity index (χ2v) is 6.41. The van der Waals surface area contributed by atoms with Crippen molar-refractivity contribution in [2.75, 3.05) is 13.2 Å². The van der Waals surface area contributed by atoms with Gasteiger partial charge in [0.05, 0.1) is 36.4 Å². The molecule has 27 heavy (non-hydrogen) atoms. The van der Waals surface area contributed by atoms with E-state index in [0.717, 1.165) is 0 Å². The summed E-state index contributed by atoms with van der Waals surface area (Å²) in [4.78, 5) is 23.0. The highest BCUT2D eigenvalue weighted by molar-refractivity contribution is 6.33. The van der Waals surface area contributed by atoms with Crippen molar-refractivity contribution in [2.45, 2.75) is 19.1 Å². The molecule has 1 aliphatic rings. The lowest BCUT2D eigenvalue weighted by molar-refractivity contribution is -0.159. The SMILES string of the molecule is CC1(CC(=O)N/N=C\c2ccc(-c3ccc(Cl)c(C(=O)O)c3)o2)OCCO1. The van der Waals surface area contributed by atoms with Crippen molar-refractivity contribution in [1.29, 1.82) is 0 Å². The second-order valence-electron chi connectivity index (χ2n) is 6.00. The fourth-order valence-corrected chi connectivity index (χ4v) is 2.78. The van der Waals surface area contributed by atoms with Gasteiger partial charge >= 0.3 is 5.97 Å². The number of hydrazone groups is 1. The zero-order chi connectivity index (χ0) is 19.4. The van der Waals surface area contributed by atoms with Gasteiger partial charge in [-0.25, -0.2) is 10.2 Å². The zero-order valence-corrected chi connectivity index (χ0v) is 15.2. The van der Waals surface area contributed by atoms with Gasteiger partial charge in [-0.3, -0.25) is 4.79 Å². The number of rotatable bonds is 6. The molecular weight excluding hydrogens is 376 g/mol. The number of halogens is 1. The molecule has 1 aromatic heterocycles. The molecule has 0 aliphatic carbocycles. The standard InChI is InChI=1S/C18H17ClN2O6/c1-18(25-6-7-26-18)9-16(22)21-20-10-12-3-5-15(27-12)11-2-4-14(19)13(8-11)17(23)24/h2-5,8,10H,6-7,9H2,1H3,(H,21,22)(H,23,24)/b20-10-. The molecule has 0 saturated carbocycles. The molecule has 8 nitrogen and oxygen atoms in total. The number of carboxylic acid groups (broad SMARTS) is 1. The van der Waals surface area contributed by atoms with E-state index < -0.39 is 11.8 Å². The highest BCUT2D eigenvalue weighted by Crippen LogP contribution is 2.26. The number of hydrogen-bond donors (Lipinski definition) is 2. The van der Waals surface area contributed by atoms with E-state index in [1.165, 1.54) is 18.3 Å². The van der Waals surface area contributed by atoms with Crippen molar-refractivity contribution in [3.8, 4) is 11.3 Å². The van der Waals surface area contributed by atoms with Crippen molar-refractivity contribution in [3.05, 3.63) is 46.7 Å². The van der Waals surface area contributed by atoms with Crippen molar-refractivity contribution in [1.82, 2.24) is 5.43 Å².